The fourth-order valence-corrected chi connectivity index (χ4v) is 1.76. The maximum Gasteiger partial charge on any atom is 0.307 e. The van der Waals surface area contributed by atoms with Crippen LogP contribution in [-0.4, -0.2) is 11.1 Å². The smallest absolute Gasteiger partial charge is 0.307 e. The average molecular weight is 268 g/mol. The van der Waals surface area contributed by atoms with Gasteiger partial charge in [-0.3, -0.25) is 4.79 Å². The monoisotopic (exact) mass is 267 g/mol. The lowest BCUT2D eigenvalue weighted by molar-refractivity contribution is -0.136. The minimum Gasteiger partial charge on any atom is -0.481 e. The molecular formula is C11H10BrNO2. The van der Waals surface area contributed by atoms with E-state index >= 15 is 0 Å². The predicted molar refractivity (Wildman–Crippen MR) is 59.4 cm³/mol. The van der Waals surface area contributed by atoms with Crippen LogP contribution in [0, 0.1) is 11.3 Å². The van der Waals surface area contributed by atoms with Crippen molar-refractivity contribution in [2.24, 2.45) is 0 Å². The van der Waals surface area contributed by atoms with Crippen molar-refractivity contribution in [1.29, 1.82) is 5.26 Å². The maximum atomic E-state index is 10.6. The lowest BCUT2D eigenvalue weighted by Crippen LogP contribution is -2.03. The molecule has 0 saturated carbocycles. The predicted octanol–water partition coefficient (Wildman–Crippen LogP) is 2.53. The molecule has 0 heterocycles. The van der Waals surface area contributed by atoms with Gasteiger partial charge in [0.2, 0.25) is 0 Å². The van der Waals surface area contributed by atoms with Crippen LogP contribution in [0.3, 0.4) is 0 Å². The number of rotatable bonds is 4. The number of hydrogen-bond acceptors (Lipinski definition) is 2. The zero-order chi connectivity index (χ0) is 11.3. The van der Waals surface area contributed by atoms with Crippen LogP contribution in [-0.2, 0) is 17.6 Å². The van der Waals surface area contributed by atoms with E-state index in [0.717, 1.165) is 15.6 Å². The number of aliphatic carboxylic acids is 1. The molecule has 1 aromatic rings. The minimum absolute atomic E-state index is 0.00798. The molecule has 0 aromatic heterocycles. The highest BCUT2D eigenvalue weighted by Gasteiger charge is 2.07. The second-order valence-electron chi connectivity index (χ2n) is 3.14. The topological polar surface area (TPSA) is 61.1 Å². The highest BCUT2D eigenvalue weighted by Crippen LogP contribution is 2.18. The summed E-state index contributed by atoms with van der Waals surface area (Å²) in [5.74, 6) is -0.851. The summed E-state index contributed by atoms with van der Waals surface area (Å²) >= 11 is 3.32. The third-order valence-corrected chi connectivity index (χ3v) is 2.51. The number of nitriles is 1. The van der Waals surface area contributed by atoms with Crippen LogP contribution in [0.5, 0.6) is 0 Å². The fourth-order valence-electron chi connectivity index (χ4n) is 1.35. The first kappa shape index (κ1) is 11.7. The van der Waals surface area contributed by atoms with Crippen LogP contribution in [0.2, 0.25) is 0 Å². The van der Waals surface area contributed by atoms with Gasteiger partial charge in [0, 0.05) is 10.9 Å². The van der Waals surface area contributed by atoms with Gasteiger partial charge < -0.3 is 5.11 Å². The minimum atomic E-state index is -0.851. The number of carbonyl (C=O) groups is 1. The molecule has 0 spiro atoms. The highest BCUT2D eigenvalue weighted by molar-refractivity contribution is 9.10. The van der Waals surface area contributed by atoms with E-state index in [1.54, 1.807) is 6.07 Å². The quantitative estimate of drug-likeness (QED) is 0.912. The molecule has 1 rings (SSSR count). The summed E-state index contributed by atoms with van der Waals surface area (Å²) in [5, 5.41) is 17.2. The number of aryl methyl sites for hydroxylation is 1. The number of carboxylic acid groups (broad SMARTS) is 1. The van der Waals surface area contributed by atoms with Crippen LogP contribution in [0.15, 0.2) is 22.7 Å². The van der Waals surface area contributed by atoms with E-state index in [1.165, 1.54) is 0 Å². The Morgan fingerprint density at radius 2 is 2.20 bits per heavy atom. The lowest BCUT2D eigenvalue weighted by atomic mass is 10.0. The summed E-state index contributed by atoms with van der Waals surface area (Å²) in [6.45, 7) is 0. The molecule has 0 radical (unpaired) electrons. The Balaban J connectivity index is 2.93. The number of hydrogen-bond donors (Lipinski definition) is 1. The summed E-state index contributed by atoms with van der Waals surface area (Å²) in [6.07, 6.45) is 1.01. The van der Waals surface area contributed by atoms with Crippen LogP contribution in [0.1, 0.15) is 17.5 Å². The normalized spacial score (nSPS) is 9.60. The number of benzene rings is 1. The van der Waals surface area contributed by atoms with E-state index in [0.29, 0.717) is 12.8 Å². The molecule has 0 unspecified atom stereocenters. The first-order valence-electron chi connectivity index (χ1n) is 4.49. The molecule has 0 bridgehead atoms. The van der Waals surface area contributed by atoms with Crippen molar-refractivity contribution < 1.29 is 9.90 Å². The molecule has 0 aliphatic carbocycles. The van der Waals surface area contributed by atoms with Gasteiger partial charge in [-0.05, 0) is 29.7 Å². The Bertz CT molecular complexity index is 410. The summed E-state index contributed by atoms with van der Waals surface area (Å²) in [5.41, 5.74) is 1.70. The SMILES string of the molecule is N#CCCc1cc(Br)ccc1CC(=O)O. The first-order valence-corrected chi connectivity index (χ1v) is 5.29. The van der Waals surface area contributed by atoms with E-state index in [2.05, 4.69) is 22.0 Å². The third kappa shape index (κ3) is 3.72. The molecule has 1 N–H and O–H groups in total. The van der Waals surface area contributed by atoms with Gasteiger partial charge in [0.05, 0.1) is 12.5 Å². The van der Waals surface area contributed by atoms with Gasteiger partial charge in [0.15, 0.2) is 0 Å². The molecule has 3 nitrogen and oxygen atoms in total. The Labute approximate surface area is 96.5 Å². The summed E-state index contributed by atoms with van der Waals surface area (Å²) < 4.78 is 0.907. The average Bonchev–Trinajstić information content (AvgIpc) is 2.18. The molecule has 4 heteroatoms. The van der Waals surface area contributed by atoms with Gasteiger partial charge in [0.1, 0.15) is 0 Å². The van der Waals surface area contributed by atoms with E-state index in [4.69, 9.17) is 10.4 Å². The molecule has 0 saturated heterocycles. The molecule has 0 aliphatic rings. The van der Waals surface area contributed by atoms with E-state index < -0.39 is 5.97 Å². The van der Waals surface area contributed by atoms with Crippen molar-refractivity contribution in [3.8, 4) is 6.07 Å². The molecular weight excluding hydrogens is 258 g/mol. The van der Waals surface area contributed by atoms with E-state index in [1.807, 2.05) is 12.1 Å². The molecule has 0 aliphatic heterocycles. The van der Waals surface area contributed by atoms with Crippen molar-refractivity contribution in [3.05, 3.63) is 33.8 Å². The molecule has 0 atom stereocenters. The molecule has 0 amide bonds. The Kier molecular flexibility index (Phi) is 4.32. The zero-order valence-electron chi connectivity index (χ0n) is 8.03. The maximum absolute atomic E-state index is 10.6. The molecule has 78 valence electrons. The lowest BCUT2D eigenvalue weighted by Gasteiger charge is -2.06. The second-order valence-corrected chi connectivity index (χ2v) is 4.06. The molecule has 15 heavy (non-hydrogen) atoms. The Morgan fingerprint density at radius 1 is 1.47 bits per heavy atom. The number of carboxylic acids is 1. The fraction of sp³-hybridized carbons (Fsp3) is 0.273. The van der Waals surface area contributed by atoms with Gasteiger partial charge in [-0.2, -0.15) is 5.26 Å². The third-order valence-electron chi connectivity index (χ3n) is 2.02. The van der Waals surface area contributed by atoms with Crippen molar-refractivity contribution in [1.82, 2.24) is 0 Å². The second kappa shape index (κ2) is 5.52. The van der Waals surface area contributed by atoms with Crippen LogP contribution < -0.4 is 0 Å². The Hall–Kier alpha value is -1.34. The van der Waals surface area contributed by atoms with Crippen molar-refractivity contribution in [2.45, 2.75) is 19.3 Å². The number of halogens is 1. The van der Waals surface area contributed by atoms with Gasteiger partial charge >= 0.3 is 5.97 Å². The van der Waals surface area contributed by atoms with Crippen LogP contribution >= 0.6 is 15.9 Å². The van der Waals surface area contributed by atoms with E-state index in [-0.39, 0.29) is 6.42 Å². The molecule has 1 aromatic carbocycles. The number of nitrogens with zero attached hydrogens (tertiary/aromatic N) is 1. The first-order chi connectivity index (χ1) is 7.13. The summed E-state index contributed by atoms with van der Waals surface area (Å²) in [7, 11) is 0. The largest absolute Gasteiger partial charge is 0.481 e. The van der Waals surface area contributed by atoms with Crippen LogP contribution in [0.4, 0.5) is 0 Å². The van der Waals surface area contributed by atoms with Gasteiger partial charge in [-0.15, -0.1) is 0 Å². The highest BCUT2D eigenvalue weighted by atomic mass is 79.9. The van der Waals surface area contributed by atoms with Crippen molar-refractivity contribution >= 4 is 21.9 Å². The van der Waals surface area contributed by atoms with Gasteiger partial charge in [-0.25, -0.2) is 0 Å². The van der Waals surface area contributed by atoms with E-state index in [9.17, 15) is 4.79 Å². The summed E-state index contributed by atoms with van der Waals surface area (Å²) in [6, 6.07) is 7.52. The van der Waals surface area contributed by atoms with Crippen LogP contribution in [0.25, 0.3) is 0 Å². The summed E-state index contributed by atoms with van der Waals surface area (Å²) in [4.78, 5) is 10.6. The standard InChI is InChI=1S/C11H10BrNO2/c12-10-4-3-9(7-11(14)15)8(6-10)2-1-5-13/h3-4,6H,1-2,7H2,(H,14,15). The van der Waals surface area contributed by atoms with Gasteiger partial charge in [-0.1, -0.05) is 22.0 Å². The zero-order valence-corrected chi connectivity index (χ0v) is 9.62. The van der Waals surface area contributed by atoms with Gasteiger partial charge in [0.25, 0.3) is 0 Å². The Morgan fingerprint density at radius 3 is 2.80 bits per heavy atom. The van der Waals surface area contributed by atoms with Crippen molar-refractivity contribution in [2.75, 3.05) is 0 Å². The molecule has 0 fully saturated rings. The van der Waals surface area contributed by atoms with Crippen molar-refractivity contribution in [3.63, 3.8) is 0 Å².